The third-order valence-electron chi connectivity index (χ3n) is 2.03. The highest BCUT2D eigenvalue weighted by molar-refractivity contribution is 6.15. The summed E-state index contributed by atoms with van der Waals surface area (Å²) in [5, 5.41) is 9.23. The quantitative estimate of drug-likeness (QED) is 0.609. The molecule has 0 saturated heterocycles. The van der Waals surface area contributed by atoms with Gasteiger partial charge in [0.15, 0.2) is 0 Å². The first-order chi connectivity index (χ1) is 8.20. The second kappa shape index (κ2) is 6.58. The molecule has 17 heavy (non-hydrogen) atoms. The van der Waals surface area contributed by atoms with Gasteiger partial charge in [-0.3, -0.25) is 0 Å². The van der Waals surface area contributed by atoms with Crippen molar-refractivity contribution in [3.8, 4) is 0 Å². The van der Waals surface area contributed by atoms with E-state index in [1.807, 2.05) is 6.07 Å². The van der Waals surface area contributed by atoms with Gasteiger partial charge >= 0.3 is 5.97 Å². The molecule has 0 aliphatic heterocycles. The van der Waals surface area contributed by atoms with Gasteiger partial charge in [0, 0.05) is 0 Å². The van der Waals surface area contributed by atoms with Crippen molar-refractivity contribution in [3.63, 3.8) is 0 Å². The Morgan fingerprint density at radius 2 is 1.65 bits per heavy atom. The highest BCUT2D eigenvalue weighted by Gasteiger charge is 2.19. The topological polar surface area (TPSA) is 55.8 Å². The maximum Gasteiger partial charge on any atom is 0.343 e. The second-order valence-corrected chi connectivity index (χ2v) is 3.20. The smallest absolute Gasteiger partial charge is 0.343 e. The lowest BCUT2D eigenvalue weighted by molar-refractivity contribution is -0.130. The normalized spacial score (nSPS) is 9.53. The van der Waals surface area contributed by atoms with Crippen molar-refractivity contribution in [2.45, 2.75) is 13.8 Å². The number of carbonyl (C=O) groups is 1. The van der Waals surface area contributed by atoms with Crippen LogP contribution >= 0.6 is 0 Å². The fourth-order valence-corrected chi connectivity index (χ4v) is 1.38. The SMILES string of the molecule is CCOC(OCC)=C(C(=O)O)c1ccccc1. The van der Waals surface area contributed by atoms with Crippen molar-refractivity contribution >= 4 is 11.5 Å². The van der Waals surface area contributed by atoms with Gasteiger partial charge in [-0.05, 0) is 19.4 Å². The van der Waals surface area contributed by atoms with E-state index in [1.54, 1.807) is 38.1 Å². The van der Waals surface area contributed by atoms with Crippen molar-refractivity contribution in [1.29, 1.82) is 0 Å². The number of hydrogen-bond acceptors (Lipinski definition) is 3. The van der Waals surface area contributed by atoms with Gasteiger partial charge in [-0.1, -0.05) is 30.3 Å². The zero-order valence-corrected chi connectivity index (χ0v) is 9.97. The minimum Gasteiger partial charge on any atom is -0.477 e. The first-order valence-electron chi connectivity index (χ1n) is 5.49. The number of aliphatic carboxylic acids is 1. The first kappa shape index (κ1) is 13.1. The van der Waals surface area contributed by atoms with Crippen LogP contribution in [-0.2, 0) is 14.3 Å². The molecule has 1 aromatic rings. The van der Waals surface area contributed by atoms with E-state index in [0.717, 1.165) is 0 Å². The average Bonchev–Trinajstić information content (AvgIpc) is 2.31. The van der Waals surface area contributed by atoms with Crippen molar-refractivity contribution in [2.24, 2.45) is 0 Å². The Morgan fingerprint density at radius 1 is 1.12 bits per heavy atom. The van der Waals surface area contributed by atoms with Gasteiger partial charge in [-0.2, -0.15) is 0 Å². The van der Waals surface area contributed by atoms with Crippen LogP contribution in [0.3, 0.4) is 0 Å². The lowest BCUT2D eigenvalue weighted by atomic mass is 10.1. The summed E-state index contributed by atoms with van der Waals surface area (Å²) in [6.07, 6.45) is 0. The van der Waals surface area contributed by atoms with Crippen molar-refractivity contribution in [3.05, 3.63) is 41.8 Å². The summed E-state index contributed by atoms with van der Waals surface area (Å²) in [5.41, 5.74) is 0.617. The fraction of sp³-hybridized carbons (Fsp3) is 0.308. The van der Waals surface area contributed by atoms with Crippen LogP contribution < -0.4 is 0 Å². The van der Waals surface area contributed by atoms with Gasteiger partial charge in [0.1, 0.15) is 5.57 Å². The number of carboxylic acids is 1. The van der Waals surface area contributed by atoms with Gasteiger partial charge in [0.25, 0.3) is 5.95 Å². The fourth-order valence-electron chi connectivity index (χ4n) is 1.38. The maximum atomic E-state index is 11.3. The Labute approximate surface area is 100 Å². The van der Waals surface area contributed by atoms with Crippen LogP contribution in [0.5, 0.6) is 0 Å². The van der Waals surface area contributed by atoms with Crippen LogP contribution in [0.15, 0.2) is 36.3 Å². The van der Waals surface area contributed by atoms with Crippen LogP contribution in [0, 0.1) is 0 Å². The molecule has 1 aromatic carbocycles. The van der Waals surface area contributed by atoms with Crippen molar-refractivity contribution in [1.82, 2.24) is 0 Å². The summed E-state index contributed by atoms with van der Waals surface area (Å²) in [4.78, 5) is 11.3. The van der Waals surface area contributed by atoms with Crippen molar-refractivity contribution in [2.75, 3.05) is 13.2 Å². The molecule has 4 nitrogen and oxygen atoms in total. The molecule has 0 aromatic heterocycles. The summed E-state index contributed by atoms with van der Waals surface area (Å²) in [7, 11) is 0. The molecule has 0 bridgehead atoms. The van der Waals surface area contributed by atoms with E-state index in [1.165, 1.54) is 0 Å². The zero-order valence-electron chi connectivity index (χ0n) is 9.97. The third kappa shape index (κ3) is 3.52. The molecule has 0 heterocycles. The lowest BCUT2D eigenvalue weighted by Crippen LogP contribution is -2.09. The molecule has 0 aliphatic rings. The summed E-state index contributed by atoms with van der Waals surface area (Å²) >= 11 is 0. The highest BCUT2D eigenvalue weighted by Crippen LogP contribution is 2.20. The summed E-state index contributed by atoms with van der Waals surface area (Å²) < 4.78 is 10.5. The number of benzene rings is 1. The van der Waals surface area contributed by atoms with E-state index in [4.69, 9.17) is 9.47 Å². The number of ether oxygens (including phenoxy) is 2. The van der Waals surface area contributed by atoms with Gasteiger partial charge in [-0.15, -0.1) is 0 Å². The molecule has 0 unspecified atom stereocenters. The van der Waals surface area contributed by atoms with E-state index in [2.05, 4.69) is 0 Å². The van der Waals surface area contributed by atoms with E-state index in [0.29, 0.717) is 18.8 Å². The minimum atomic E-state index is -1.06. The van der Waals surface area contributed by atoms with E-state index < -0.39 is 5.97 Å². The molecule has 0 saturated carbocycles. The number of hydrogen-bond donors (Lipinski definition) is 1. The van der Waals surface area contributed by atoms with Gasteiger partial charge < -0.3 is 14.6 Å². The highest BCUT2D eigenvalue weighted by atomic mass is 16.7. The Hall–Kier alpha value is -1.97. The van der Waals surface area contributed by atoms with Crippen LogP contribution in [0.1, 0.15) is 19.4 Å². The van der Waals surface area contributed by atoms with Crippen LogP contribution in [-0.4, -0.2) is 24.3 Å². The van der Waals surface area contributed by atoms with Crippen LogP contribution in [0.2, 0.25) is 0 Å². The predicted molar refractivity (Wildman–Crippen MR) is 64.2 cm³/mol. The molecule has 1 rings (SSSR count). The lowest BCUT2D eigenvalue weighted by Gasteiger charge is -2.12. The Morgan fingerprint density at radius 3 is 2.06 bits per heavy atom. The molecule has 92 valence electrons. The van der Waals surface area contributed by atoms with Gasteiger partial charge in [0.2, 0.25) is 0 Å². The molecule has 0 atom stereocenters. The van der Waals surface area contributed by atoms with Crippen LogP contribution in [0.4, 0.5) is 0 Å². The average molecular weight is 236 g/mol. The molecule has 1 N–H and O–H groups in total. The maximum absolute atomic E-state index is 11.3. The molecule has 0 fully saturated rings. The Balaban J connectivity index is 3.21. The summed E-state index contributed by atoms with van der Waals surface area (Å²) in [6, 6.07) is 8.79. The zero-order chi connectivity index (χ0) is 12.7. The molecular formula is C13H16O4. The summed E-state index contributed by atoms with van der Waals surface area (Å²) in [6.45, 7) is 4.28. The number of carboxylic acid groups (broad SMARTS) is 1. The molecule has 4 heteroatoms. The van der Waals surface area contributed by atoms with Crippen LogP contribution in [0.25, 0.3) is 5.57 Å². The molecule has 0 spiro atoms. The van der Waals surface area contributed by atoms with Crippen molar-refractivity contribution < 1.29 is 19.4 Å². The van der Waals surface area contributed by atoms with E-state index in [9.17, 15) is 9.90 Å². The Kier molecular flexibility index (Phi) is 5.07. The Bertz CT molecular complexity index is 387. The van der Waals surface area contributed by atoms with Gasteiger partial charge in [-0.25, -0.2) is 4.79 Å². The molecule has 0 aliphatic carbocycles. The predicted octanol–water partition coefficient (Wildman–Crippen LogP) is 2.51. The van der Waals surface area contributed by atoms with E-state index >= 15 is 0 Å². The third-order valence-corrected chi connectivity index (χ3v) is 2.03. The monoisotopic (exact) mass is 236 g/mol. The first-order valence-corrected chi connectivity index (χ1v) is 5.49. The molecule has 0 radical (unpaired) electrons. The summed E-state index contributed by atoms with van der Waals surface area (Å²) in [5.74, 6) is -0.998. The standard InChI is InChI=1S/C13H16O4/c1-3-16-13(17-4-2)11(12(14)15)10-8-6-5-7-9-10/h5-9H,3-4H2,1-2H3,(H,14,15). The van der Waals surface area contributed by atoms with Gasteiger partial charge in [0.05, 0.1) is 13.2 Å². The molecule has 0 amide bonds. The number of rotatable bonds is 6. The minimum absolute atomic E-state index is 0.0503. The molecular weight excluding hydrogens is 220 g/mol. The van der Waals surface area contributed by atoms with E-state index in [-0.39, 0.29) is 11.5 Å². The largest absolute Gasteiger partial charge is 0.477 e. The second-order valence-electron chi connectivity index (χ2n) is 3.20.